The number of nitrogens with one attached hydrogen (secondary N) is 1. The maximum absolute atomic E-state index is 13.3. The second kappa shape index (κ2) is 7.60. The summed E-state index contributed by atoms with van der Waals surface area (Å²) in [5, 5.41) is 13.4. The molecule has 0 bridgehead atoms. The number of phenolic OH excluding ortho intramolecular Hbond substituents is 1. The molecule has 112 valence electrons. The molecule has 0 radical (unpaired) electrons. The number of unbranched alkanes of at least 4 members (excludes halogenated alkanes) is 1. The second-order valence-corrected chi connectivity index (χ2v) is 5.65. The van der Waals surface area contributed by atoms with Gasteiger partial charge in [-0.2, -0.15) is 0 Å². The van der Waals surface area contributed by atoms with Crippen LogP contribution in [0.25, 0.3) is 0 Å². The maximum atomic E-state index is 13.3. The van der Waals surface area contributed by atoms with Gasteiger partial charge in [0.2, 0.25) is 0 Å². The molecule has 1 unspecified atom stereocenters. The van der Waals surface area contributed by atoms with Crippen molar-refractivity contribution in [1.82, 2.24) is 10.2 Å². The van der Waals surface area contributed by atoms with Crippen molar-refractivity contribution < 1.29 is 9.50 Å². The lowest BCUT2D eigenvalue weighted by Gasteiger charge is -2.26. The molecule has 0 saturated carbocycles. The minimum absolute atomic E-state index is 0.187. The lowest BCUT2D eigenvalue weighted by Crippen LogP contribution is -2.37. The molecule has 2 rings (SSSR count). The molecule has 0 amide bonds. The van der Waals surface area contributed by atoms with E-state index in [0.717, 1.165) is 32.5 Å². The fourth-order valence-electron chi connectivity index (χ4n) is 2.76. The predicted molar refractivity (Wildman–Crippen MR) is 79.3 cm³/mol. The minimum Gasteiger partial charge on any atom is -0.508 e. The van der Waals surface area contributed by atoms with Crippen LogP contribution >= 0.6 is 0 Å². The summed E-state index contributed by atoms with van der Waals surface area (Å²) >= 11 is 0. The Morgan fingerprint density at radius 3 is 3.00 bits per heavy atom. The Morgan fingerprint density at radius 2 is 2.30 bits per heavy atom. The predicted octanol–water partition coefficient (Wildman–Crippen LogP) is 2.89. The van der Waals surface area contributed by atoms with Crippen molar-refractivity contribution in [2.24, 2.45) is 0 Å². The third kappa shape index (κ3) is 4.46. The summed E-state index contributed by atoms with van der Waals surface area (Å²) in [6.45, 7) is 5.84. The van der Waals surface area contributed by atoms with Crippen molar-refractivity contribution in [3.63, 3.8) is 0 Å². The van der Waals surface area contributed by atoms with E-state index in [-0.39, 0.29) is 11.6 Å². The van der Waals surface area contributed by atoms with Crippen LogP contribution in [0.3, 0.4) is 0 Å². The van der Waals surface area contributed by atoms with Crippen molar-refractivity contribution in [3.05, 3.63) is 29.6 Å². The molecule has 1 aromatic rings. The molecule has 0 aromatic heterocycles. The zero-order valence-corrected chi connectivity index (χ0v) is 12.2. The van der Waals surface area contributed by atoms with E-state index >= 15 is 0 Å². The Morgan fingerprint density at radius 1 is 1.45 bits per heavy atom. The van der Waals surface area contributed by atoms with Gasteiger partial charge >= 0.3 is 0 Å². The molecule has 1 aromatic carbocycles. The van der Waals surface area contributed by atoms with Crippen molar-refractivity contribution in [2.45, 2.75) is 45.2 Å². The van der Waals surface area contributed by atoms with Gasteiger partial charge in [0.1, 0.15) is 11.6 Å². The van der Waals surface area contributed by atoms with Crippen LogP contribution in [0.4, 0.5) is 4.39 Å². The first kappa shape index (κ1) is 15.3. The molecule has 1 heterocycles. The number of hydrogen-bond acceptors (Lipinski definition) is 3. The van der Waals surface area contributed by atoms with E-state index in [9.17, 15) is 9.50 Å². The maximum Gasteiger partial charge on any atom is 0.123 e. The van der Waals surface area contributed by atoms with Crippen molar-refractivity contribution >= 4 is 0 Å². The average molecular weight is 280 g/mol. The second-order valence-electron chi connectivity index (χ2n) is 5.65. The molecule has 2 N–H and O–H groups in total. The molecule has 20 heavy (non-hydrogen) atoms. The van der Waals surface area contributed by atoms with Crippen molar-refractivity contribution in [3.8, 4) is 5.75 Å². The fourth-order valence-corrected chi connectivity index (χ4v) is 2.76. The first-order chi connectivity index (χ1) is 9.69. The highest BCUT2D eigenvalue weighted by molar-refractivity contribution is 5.32. The molecule has 1 aliphatic heterocycles. The summed E-state index contributed by atoms with van der Waals surface area (Å²) in [5.74, 6) is -0.0977. The van der Waals surface area contributed by atoms with E-state index in [0.29, 0.717) is 18.2 Å². The summed E-state index contributed by atoms with van der Waals surface area (Å²) < 4.78 is 13.3. The van der Waals surface area contributed by atoms with Crippen LogP contribution in [0.15, 0.2) is 18.2 Å². The van der Waals surface area contributed by atoms with Crippen LogP contribution in [0, 0.1) is 5.82 Å². The molecular weight excluding hydrogens is 255 g/mol. The van der Waals surface area contributed by atoms with Crippen LogP contribution in [0.5, 0.6) is 5.75 Å². The van der Waals surface area contributed by atoms with Gasteiger partial charge in [-0.15, -0.1) is 0 Å². The topological polar surface area (TPSA) is 35.5 Å². The number of phenols is 1. The average Bonchev–Trinajstić information content (AvgIpc) is 2.93. The summed E-state index contributed by atoms with van der Waals surface area (Å²) in [6, 6.07) is 4.71. The Labute approximate surface area is 120 Å². The van der Waals surface area contributed by atoms with Gasteiger partial charge in [0.25, 0.3) is 0 Å². The number of rotatable bonds is 7. The van der Waals surface area contributed by atoms with Crippen LogP contribution < -0.4 is 5.32 Å². The molecule has 4 heteroatoms. The SMILES string of the molecule is CCCCN(Cc1cc(F)ccc1O)CC1CCCN1. The van der Waals surface area contributed by atoms with Crippen LogP contribution in [-0.2, 0) is 6.54 Å². The first-order valence-corrected chi connectivity index (χ1v) is 7.62. The normalized spacial score (nSPS) is 18.9. The number of aromatic hydroxyl groups is 1. The van der Waals surface area contributed by atoms with Gasteiger partial charge in [0.05, 0.1) is 0 Å². The van der Waals surface area contributed by atoms with Crippen molar-refractivity contribution in [2.75, 3.05) is 19.6 Å². The Hall–Kier alpha value is -1.13. The Balaban J connectivity index is 1.99. The lowest BCUT2D eigenvalue weighted by atomic mass is 10.1. The van der Waals surface area contributed by atoms with Gasteiger partial charge < -0.3 is 10.4 Å². The van der Waals surface area contributed by atoms with Gasteiger partial charge in [-0.1, -0.05) is 13.3 Å². The Kier molecular flexibility index (Phi) is 5.80. The third-order valence-electron chi connectivity index (χ3n) is 3.90. The molecule has 0 aliphatic carbocycles. The monoisotopic (exact) mass is 280 g/mol. The van der Waals surface area contributed by atoms with E-state index in [1.807, 2.05) is 0 Å². The van der Waals surface area contributed by atoms with Crippen molar-refractivity contribution in [1.29, 1.82) is 0 Å². The Bertz CT molecular complexity index is 419. The van der Waals surface area contributed by atoms with E-state index in [4.69, 9.17) is 0 Å². The highest BCUT2D eigenvalue weighted by atomic mass is 19.1. The summed E-state index contributed by atoms with van der Waals surface area (Å²) in [7, 11) is 0. The molecule has 1 saturated heterocycles. The van der Waals surface area contributed by atoms with Crippen LogP contribution in [-0.4, -0.2) is 35.7 Å². The summed E-state index contributed by atoms with van der Waals surface area (Å²) in [6.07, 6.45) is 4.71. The van der Waals surface area contributed by atoms with Gasteiger partial charge in [-0.3, -0.25) is 4.90 Å². The number of nitrogens with zero attached hydrogens (tertiary/aromatic N) is 1. The first-order valence-electron chi connectivity index (χ1n) is 7.62. The molecular formula is C16H25FN2O. The third-order valence-corrected chi connectivity index (χ3v) is 3.90. The van der Waals surface area contributed by atoms with Gasteiger partial charge in [0.15, 0.2) is 0 Å². The molecule has 0 spiro atoms. The van der Waals surface area contributed by atoms with E-state index < -0.39 is 0 Å². The molecule has 1 fully saturated rings. The molecule has 1 atom stereocenters. The van der Waals surface area contributed by atoms with Crippen LogP contribution in [0.2, 0.25) is 0 Å². The van der Waals surface area contributed by atoms with Gasteiger partial charge in [0, 0.05) is 24.7 Å². The standard InChI is InChI=1S/C16H25FN2O/c1-2-3-9-19(12-15-5-4-8-18-15)11-13-10-14(17)6-7-16(13)20/h6-7,10,15,18,20H,2-5,8-9,11-12H2,1H3. The highest BCUT2D eigenvalue weighted by Gasteiger charge is 2.18. The number of hydrogen-bond donors (Lipinski definition) is 2. The molecule has 1 aliphatic rings. The highest BCUT2D eigenvalue weighted by Crippen LogP contribution is 2.20. The number of halogens is 1. The largest absolute Gasteiger partial charge is 0.508 e. The van der Waals surface area contributed by atoms with Gasteiger partial charge in [-0.25, -0.2) is 4.39 Å². The van der Waals surface area contributed by atoms with E-state index in [1.165, 1.54) is 31.0 Å². The number of benzene rings is 1. The van der Waals surface area contributed by atoms with E-state index in [1.54, 1.807) is 0 Å². The zero-order chi connectivity index (χ0) is 14.4. The zero-order valence-electron chi connectivity index (χ0n) is 12.2. The smallest absolute Gasteiger partial charge is 0.123 e. The lowest BCUT2D eigenvalue weighted by molar-refractivity contribution is 0.234. The summed E-state index contributed by atoms with van der Waals surface area (Å²) in [4.78, 5) is 2.32. The molecule has 3 nitrogen and oxygen atoms in total. The quantitative estimate of drug-likeness (QED) is 0.806. The minimum atomic E-state index is -0.285. The van der Waals surface area contributed by atoms with E-state index in [2.05, 4.69) is 17.1 Å². The van der Waals surface area contributed by atoms with Crippen LogP contribution in [0.1, 0.15) is 38.2 Å². The van der Waals surface area contributed by atoms with Gasteiger partial charge in [-0.05, 0) is 50.6 Å². The summed E-state index contributed by atoms with van der Waals surface area (Å²) in [5.41, 5.74) is 0.680. The fraction of sp³-hybridized carbons (Fsp3) is 0.625.